The van der Waals surface area contributed by atoms with Crippen LogP contribution in [0.1, 0.15) is 27.0 Å². The minimum absolute atomic E-state index is 0.168. The van der Waals surface area contributed by atoms with Gasteiger partial charge in [0.2, 0.25) is 0 Å². The molecule has 1 N–H and O–H groups in total. The number of allylic oxidation sites excluding steroid dienone is 3. The first-order valence-electron chi connectivity index (χ1n) is 6.24. The quantitative estimate of drug-likeness (QED) is 0.202. The molecule has 8 heteroatoms. The number of oxime groups is 1. The predicted molar refractivity (Wildman–Crippen MR) is 83.7 cm³/mol. The molecule has 5 nitrogen and oxygen atoms in total. The van der Waals surface area contributed by atoms with Crippen molar-refractivity contribution in [3.8, 4) is 5.75 Å². The molecule has 0 fully saturated rings. The molecule has 124 valence electrons. The van der Waals surface area contributed by atoms with Crippen LogP contribution in [0.5, 0.6) is 5.75 Å². The van der Waals surface area contributed by atoms with E-state index in [0.29, 0.717) is 18.3 Å². The molecule has 0 radical (unpaired) electrons. The van der Waals surface area contributed by atoms with Crippen LogP contribution in [0.2, 0.25) is 0 Å². The normalized spacial score (nSPS) is 12.3. The lowest BCUT2D eigenvalue weighted by molar-refractivity contribution is 0.0212. The molecule has 0 aliphatic rings. The van der Waals surface area contributed by atoms with E-state index >= 15 is 0 Å². The van der Waals surface area contributed by atoms with Gasteiger partial charge in [-0.15, -0.1) is 11.3 Å². The van der Waals surface area contributed by atoms with Crippen LogP contribution in [0.15, 0.2) is 42.3 Å². The van der Waals surface area contributed by atoms with Gasteiger partial charge in [0.15, 0.2) is 10.6 Å². The van der Waals surface area contributed by atoms with Crippen LogP contribution in [-0.4, -0.2) is 24.5 Å². The third kappa shape index (κ3) is 4.26. The van der Waals surface area contributed by atoms with Crippen molar-refractivity contribution in [2.24, 2.45) is 5.16 Å². The summed E-state index contributed by atoms with van der Waals surface area (Å²) < 4.78 is 37.6. The average molecular weight is 343 g/mol. The smallest absolute Gasteiger partial charge is 0.351 e. The maximum atomic E-state index is 13.8. The van der Waals surface area contributed by atoms with E-state index in [2.05, 4.69) is 23.1 Å². The highest BCUT2D eigenvalue weighted by Gasteiger charge is 2.36. The van der Waals surface area contributed by atoms with Gasteiger partial charge < -0.3 is 14.7 Å². The number of rotatable bonds is 7. The molecule has 1 heterocycles. The van der Waals surface area contributed by atoms with Crippen molar-refractivity contribution in [2.45, 2.75) is 12.8 Å². The molecule has 1 aromatic heterocycles. The molecule has 23 heavy (non-hydrogen) atoms. The SMILES string of the molecule is C=C/C=C(\C=C)Oc1c(C(=O)OC)sc(C(C)(F)F)c1/C=N/O. The van der Waals surface area contributed by atoms with Gasteiger partial charge in [-0.2, -0.15) is 0 Å². The molecule has 0 aromatic carbocycles. The van der Waals surface area contributed by atoms with Crippen molar-refractivity contribution in [2.75, 3.05) is 7.11 Å². The topological polar surface area (TPSA) is 68.1 Å². The summed E-state index contributed by atoms with van der Waals surface area (Å²) in [6.07, 6.45) is 4.91. The summed E-state index contributed by atoms with van der Waals surface area (Å²) in [5, 5.41) is 11.5. The summed E-state index contributed by atoms with van der Waals surface area (Å²) in [4.78, 5) is 11.2. The zero-order chi connectivity index (χ0) is 17.6. The van der Waals surface area contributed by atoms with E-state index in [0.717, 1.165) is 13.3 Å². The lowest BCUT2D eigenvalue weighted by Crippen LogP contribution is -2.08. The van der Waals surface area contributed by atoms with Crippen LogP contribution < -0.4 is 4.74 Å². The van der Waals surface area contributed by atoms with Crippen molar-refractivity contribution in [3.63, 3.8) is 0 Å². The molecule has 0 aliphatic heterocycles. The molecule has 0 spiro atoms. The zero-order valence-electron chi connectivity index (χ0n) is 12.5. The van der Waals surface area contributed by atoms with Gasteiger partial charge in [-0.1, -0.05) is 24.4 Å². The Morgan fingerprint density at radius 2 is 2.09 bits per heavy atom. The van der Waals surface area contributed by atoms with E-state index in [1.54, 1.807) is 0 Å². The van der Waals surface area contributed by atoms with Crippen LogP contribution in [-0.2, 0) is 10.7 Å². The first kappa shape index (κ1) is 18.6. The first-order chi connectivity index (χ1) is 10.8. The number of methoxy groups -OCH3 is 1. The maximum Gasteiger partial charge on any atom is 0.351 e. The number of halogens is 2. The van der Waals surface area contributed by atoms with Gasteiger partial charge in [0, 0.05) is 6.92 Å². The molecule has 0 aliphatic carbocycles. The molecule has 1 rings (SSSR count). The van der Waals surface area contributed by atoms with E-state index in [9.17, 15) is 13.6 Å². The lowest BCUT2D eigenvalue weighted by atomic mass is 10.1. The minimum Gasteiger partial charge on any atom is -0.465 e. The number of esters is 1. The number of carbonyl (C=O) groups excluding carboxylic acids is 1. The van der Waals surface area contributed by atoms with Gasteiger partial charge in [-0.3, -0.25) is 0 Å². The van der Waals surface area contributed by atoms with Gasteiger partial charge >= 0.3 is 5.97 Å². The van der Waals surface area contributed by atoms with Gasteiger partial charge in [0.05, 0.1) is 23.8 Å². The number of ether oxygens (including phenoxy) is 2. The highest BCUT2D eigenvalue weighted by atomic mass is 32.1. The van der Waals surface area contributed by atoms with Crippen molar-refractivity contribution in [3.05, 3.63) is 52.5 Å². The number of carbonyl (C=O) groups is 1. The van der Waals surface area contributed by atoms with Crippen molar-refractivity contribution < 1.29 is 28.3 Å². The first-order valence-corrected chi connectivity index (χ1v) is 7.05. The van der Waals surface area contributed by atoms with Crippen LogP contribution in [0.3, 0.4) is 0 Å². The summed E-state index contributed by atoms with van der Waals surface area (Å²) in [5.41, 5.74) is -0.220. The third-order valence-electron chi connectivity index (χ3n) is 2.56. The fraction of sp³-hybridized carbons (Fsp3) is 0.200. The molecule has 1 aromatic rings. The van der Waals surface area contributed by atoms with E-state index in [1.165, 1.54) is 18.2 Å². The van der Waals surface area contributed by atoms with Gasteiger partial charge in [0.1, 0.15) is 5.76 Å². The van der Waals surface area contributed by atoms with Gasteiger partial charge in [0.25, 0.3) is 5.92 Å². The highest BCUT2D eigenvalue weighted by Crippen LogP contribution is 2.43. The number of thiophene rings is 1. The predicted octanol–water partition coefficient (Wildman–Crippen LogP) is 4.09. The molecule has 0 saturated heterocycles. The van der Waals surface area contributed by atoms with Crippen LogP contribution >= 0.6 is 11.3 Å². The van der Waals surface area contributed by atoms with Crippen molar-refractivity contribution >= 4 is 23.5 Å². The fourth-order valence-corrected chi connectivity index (χ4v) is 2.69. The van der Waals surface area contributed by atoms with Crippen molar-refractivity contribution in [1.29, 1.82) is 0 Å². The molecule has 0 atom stereocenters. The van der Waals surface area contributed by atoms with Crippen LogP contribution in [0, 0.1) is 0 Å². The molecular weight excluding hydrogens is 328 g/mol. The van der Waals surface area contributed by atoms with Crippen LogP contribution in [0.25, 0.3) is 0 Å². The largest absolute Gasteiger partial charge is 0.465 e. The summed E-state index contributed by atoms with van der Waals surface area (Å²) >= 11 is 0.497. The maximum absolute atomic E-state index is 13.8. The standard InChI is InChI=1S/C15H15F2NO4S/c1-5-7-9(6-2)22-11-10(8-18-20)13(15(3,16)17)23-12(11)14(19)21-4/h5-8,20H,1-2H2,3-4H3/b9-7+,18-8+. The second kappa shape index (κ2) is 7.68. The number of hydrogen-bond acceptors (Lipinski definition) is 6. The Kier molecular flexibility index (Phi) is 6.20. The summed E-state index contributed by atoms with van der Waals surface area (Å²) in [6, 6.07) is 0. The third-order valence-corrected chi connectivity index (χ3v) is 3.90. The summed E-state index contributed by atoms with van der Waals surface area (Å²) in [6.45, 7) is 7.66. The minimum atomic E-state index is -3.28. The second-order valence-electron chi connectivity index (χ2n) is 4.24. The fourth-order valence-electron chi connectivity index (χ4n) is 1.64. The number of nitrogens with zero attached hydrogens (tertiary/aromatic N) is 1. The molecule has 0 saturated carbocycles. The summed E-state index contributed by atoms with van der Waals surface area (Å²) in [7, 11) is 1.11. The van der Waals surface area contributed by atoms with Gasteiger partial charge in [-0.25, -0.2) is 13.6 Å². The second-order valence-corrected chi connectivity index (χ2v) is 5.26. The summed E-state index contributed by atoms with van der Waals surface area (Å²) in [5.74, 6) is -4.16. The van der Waals surface area contributed by atoms with E-state index in [-0.39, 0.29) is 21.9 Å². The Morgan fingerprint density at radius 3 is 2.52 bits per heavy atom. The average Bonchev–Trinajstić information content (AvgIpc) is 2.85. The molecule has 0 unspecified atom stereocenters. The van der Waals surface area contributed by atoms with Crippen LogP contribution in [0.4, 0.5) is 8.78 Å². The Hall–Kier alpha value is -2.48. The highest BCUT2D eigenvalue weighted by molar-refractivity contribution is 7.14. The lowest BCUT2D eigenvalue weighted by Gasteiger charge is -2.10. The van der Waals surface area contributed by atoms with Gasteiger partial charge in [-0.05, 0) is 12.2 Å². The van der Waals surface area contributed by atoms with Crippen molar-refractivity contribution in [1.82, 2.24) is 0 Å². The monoisotopic (exact) mass is 343 g/mol. The Bertz CT molecular complexity index is 672. The number of alkyl halides is 2. The van der Waals surface area contributed by atoms with E-state index in [1.807, 2.05) is 0 Å². The molecular formula is C15H15F2NO4S. The Morgan fingerprint density at radius 1 is 1.43 bits per heavy atom. The Balaban J connectivity index is 3.64. The Labute approximate surface area is 135 Å². The van der Waals surface area contributed by atoms with E-state index in [4.69, 9.17) is 9.94 Å². The zero-order valence-corrected chi connectivity index (χ0v) is 13.3. The van der Waals surface area contributed by atoms with E-state index < -0.39 is 16.8 Å². The molecule has 0 bridgehead atoms. The molecule has 0 amide bonds. The number of hydrogen-bond donors (Lipinski definition) is 1.